The van der Waals surface area contributed by atoms with Crippen molar-refractivity contribution in [1.82, 2.24) is 10.2 Å². The van der Waals surface area contributed by atoms with E-state index in [2.05, 4.69) is 10.2 Å². The van der Waals surface area contributed by atoms with Crippen LogP contribution in [0.2, 0.25) is 0 Å². The van der Waals surface area contributed by atoms with E-state index in [1.54, 1.807) is 0 Å². The fourth-order valence-corrected chi connectivity index (χ4v) is 5.00. The molecule has 0 aromatic rings. The number of likely N-dealkylation sites (tertiary alicyclic amines) is 1. The first-order valence-electron chi connectivity index (χ1n) is 8.38. The first-order chi connectivity index (χ1) is 9.65. The number of aliphatic carboxylic acids is 1. The number of nitrogens with one attached hydrogen (secondary N) is 1. The minimum Gasteiger partial charge on any atom is -0.480 e. The molecule has 4 nitrogen and oxygen atoms in total. The third kappa shape index (κ3) is 2.37. The number of rotatable bonds is 6. The molecule has 0 aromatic carbocycles. The summed E-state index contributed by atoms with van der Waals surface area (Å²) in [5, 5.41) is 13.0. The quantitative estimate of drug-likeness (QED) is 0.782. The van der Waals surface area contributed by atoms with Gasteiger partial charge in [-0.15, -0.1) is 0 Å². The molecule has 0 amide bonds. The number of piperidine rings is 1. The highest BCUT2D eigenvalue weighted by Crippen LogP contribution is 2.41. The fourth-order valence-electron chi connectivity index (χ4n) is 5.00. The highest BCUT2D eigenvalue weighted by atomic mass is 16.4. The summed E-state index contributed by atoms with van der Waals surface area (Å²) in [7, 11) is 0. The number of likely N-dealkylation sites (N-methyl/N-ethyl adjacent to an activating group) is 1. The zero-order valence-corrected chi connectivity index (χ0v) is 12.6. The Morgan fingerprint density at radius 3 is 2.85 bits per heavy atom. The molecule has 4 heteroatoms. The first kappa shape index (κ1) is 14.3. The van der Waals surface area contributed by atoms with Crippen molar-refractivity contribution in [3.63, 3.8) is 0 Å². The van der Waals surface area contributed by atoms with Crippen LogP contribution in [0.1, 0.15) is 51.9 Å². The number of fused-ring (bicyclic) bond motifs is 2. The molecule has 3 rings (SSSR count). The SMILES string of the molecule is CCNC1(C(=O)O)CCCC1CCN1CC2CCC1C2. The third-order valence-corrected chi connectivity index (χ3v) is 5.98. The largest absolute Gasteiger partial charge is 0.480 e. The molecular formula is C16H28N2O2. The Balaban J connectivity index is 1.59. The molecule has 0 spiro atoms. The van der Waals surface area contributed by atoms with Gasteiger partial charge in [0.1, 0.15) is 5.54 Å². The van der Waals surface area contributed by atoms with Gasteiger partial charge in [0.15, 0.2) is 0 Å². The Labute approximate surface area is 121 Å². The minimum atomic E-state index is -0.645. The predicted octanol–water partition coefficient (Wildman–Crippen LogP) is 2.09. The lowest BCUT2D eigenvalue weighted by Gasteiger charge is -2.34. The van der Waals surface area contributed by atoms with E-state index in [1.807, 2.05) is 6.92 Å². The summed E-state index contributed by atoms with van der Waals surface area (Å²) < 4.78 is 0. The third-order valence-electron chi connectivity index (χ3n) is 5.98. The maximum absolute atomic E-state index is 11.8. The van der Waals surface area contributed by atoms with E-state index in [9.17, 15) is 9.90 Å². The van der Waals surface area contributed by atoms with Crippen LogP contribution in [0.4, 0.5) is 0 Å². The van der Waals surface area contributed by atoms with E-state index in [1.165, 1.54) is 25.8 Å². The van der Waals surface area contributed by atoms with Gasteiger partial charge in [-0.05, 0) is 63.5 Å². The van der Waals surface area contributed by atoms with Crippen molar-refractivity contribution in [2.75, 3.05) is 19.6 Å². The first-order valence-corrected chi connectivity index (χ1v) is 8.38. The second-order valence-electron chi connectivity index (χ2n) is 7.01. The lowest BCUT2D eigenvalue weighted by molar-refractivity contribution is -0.146. The van der Waals surface area contributed by atoms with Gasteiger partial charge in [0.05, 0.1) is 0 Å². The summed E-state index contributed by atoms with van der Waals surface area (Å²) >= 11 is 0. The summed E-state index contributed by atoms with van der Waals surface area (Å²) in [6.45, 7) is 5.13. The predicted molar refractivity (Wildman–Crippen MR) is 78.7 cm³/mol. The van der Waals surface area contributed by atoms with E-state index in [4.69, 9.17) is 0 Å². The van der Waals surface area contributed by atoms with Crippen molar-refractivity contribution in [2.24, 2.45) is 11.8 Å². The number of hydrogen-bond donors (Lipinski definition) is 2. The van der Waals surface area contributed by atoms with Crippen LogP contribution in [0.5, 0.6) is 0 Å². The molecule has 4 atom stereocenters. The summed E-state index contributed by atoms with van der Waals surface area (Å²) in [6, 6.07) is 0.805. The Hall–Kier alpha value is -0.610. The van der Waals surface area contributed by atoms with Crippen molar-refractivity contribution < 1.29 is 9.90 Å². The van der Waals surface area contributed by atoms with Gasteiger partial charge in [0.2, 0.25) is 0 Å². The highest BCUT2D eigenvalue weighted by Gasteiger charge is 2.48. The number of carbonyl (C=O) groups is 1. The molecule has 3 aliphatic rings. The molecule has 114 valence electrons. The van der Waals surface area contributed by atoms with Gasteiger partial charge in [-0.1, -0.05) is 13.3 Å². The zero-order valence-electron chi connectivity index (χ0n) is 12.6. The fraction of sp³-hybridized carbons (Fsp3) is 0.938. The highest BCUT2D eigenvalue weighted by molar-refractivity contribution is 5.79. The lowest BCUT2D eigenvalue weighted by atomic mass is 9.84. The average molecular weight is 280 g/mol. The van der Waals surface area contributed by atoms with Crippen LogP contribution in [0.15, 0.2) is 0 Å². The van der Waals surface area contributed by atoms with Gasteiger partial charge in [0.25, 0.3) is 0 Å². The molecule has 2 saturated carbocycles. The van der Waals surface area contributed by atoms with Crippen LogP contribution in [-0.4, -0.2) is 47.2 Å². The van der Waals surface area contributed by atoms with Gasteiger partial charge >= 0.3 is 5.97 Å². The van der Waals surface area contributed by atoms with Crippen LogP contribution in [0.3, 0.4) is 0 Å². The van der Waals surface area contributed by atoms with E-state index in [-0.39, 0.29) is 0 Å². The second kappa shape index (κ2) is 5.64. The van der Waals surface area contributed by atoms with Crippen LogP contribution < -0.4 is 5.32 Å². The Morgan fingerprint density at radius 1 is 1.40 bits per heavy atom. The second-order valence-corrected chi connectivity index (χ2v) is 7.01. The van der Waals surface area contributed by atoms with Crippen LogP contribution in [0, 0.1) is 11.8 Å². The number of hydrogen-bond acceptors (Lipinski definition) is 3. The van der Waals surface area contributed by atoms with Gasteiger partial charge in [-0.2, -0.15) is 0 Å². The molecule has 2 aliphatic carbocycles. The van der Waals surface area contributed by atoms with Gasteiger partial charge < -0.3 is 15.3 Å². The summed E-state index contributed by atoms with van der Waals surface area (Å²) in [5.74, 6) is 0.602. The van der Waals surface area contributed by atoms with E-state index in [0.717, 1.165) is 50.7 Å². The molecule has 0 radical (unpaired) electrons. The number of nitrogens with zero attached hydrogens (tertiary/aromatic N) is 1. The van der Waals surface area contributed by atoms with E-state index < -0.39 is 11.5 Å². The molecule has 4 unspecified atom stereocenters. The average Bonchev–Trinajstić information content (AvgIpc) is 3.11. The Morgan fingerprint density at radius 2 is 2.25 bits per heavy atom. The zero-order chi connectivity index (χ0) is 14.2. The molecule has 20 heavy (non-hydrogen) atoms. The van der Waals surface area contributed by atoms with E-state index in [0.29, 0.717) is 5.92 Å². The van der Waals surface area contributed by atoms with Gasteiger partial charge in [-0.25, -0.2) is 0 Å². The number of carboxylic acids is 1. The molecule has 0 aromatic heterocycles. The molecule has 2 bridgehead atoms. The van der Waals surface area contributed by atoms with E-state index >= 15 is 0 Å². The lowest BCUT2D eigenvalue weighted by Crippen LogP contribution is -2.55. The molecule has 3 fully saturated rings. The number of carboxylic acid groups (broad SMARTS) is 1. The molecular weight excluding hydrogens is 252 g/mol. The monoisotopic (exact) mass is 280 g/mol. The van der Waals surface area contributed by atoms with Gasteiger partial charge in [0, 0.05) is 12.6 Å². The van der Waals surface area contributed by atoms with Crippen LogP contribution >= 0.6 is 0 Å². The minimum absolute atomic E-state index is 0.305. The standard InChI is InChI=1S/C16H28N2O2/c1-2-17-16(15(19)20)8-3-4-13(16)7-9-18-11-12-5-6-14(18)10-12/h12-14,17H,2-11H2,1H3,(H,19,20). The van der Waals surface area contributed by atoms with Crippen LogP contribution in [-0.2, 0) is 4.79 Å². The maximum Gasteiger partial charge on any atom is 0.324 e. The van der Waals surface area contributed by atoms with Crippen molar-refractivity contribution in [1.29, 1.82) is 0 Å². The summed E-state index contributed by atoms with van der Waals surface area (Å²) in [6.07, 6.45) is 8.14. The summed E-state index contributed by atoms with van der Waals surface area (Å²) in [4.78, 5) is 14.4. The molecule has 1 heterocycles. The topological polar surface area (TPSA) is 52.6 Å². The Kier molecular flexibility index (Phi) is 4.04. The van der Waals surface area contributed by atoms with Crippen molar-refractivity contribution in [2.45, 2.75) is 63.5 Å². The van der Waals surface area contributed by atoms with Crippen LogP contribution in [0.25, 0.3) is 0 Å². The normalized spacial score (nSPS) is 40.5. The Bertz CT molecular complexity index is 373. The van der Waals surface area contributed by atoms with Crippen molar-refractivity contribution >= 4 is 5.97 Å². The smallest absolute Gasteiger partial charge is 0.324 e. The molecule has 1 aliphatic heterocycles. The maximum atomic E-state index is 11.8. The van der Waals surface area contributed by atoms with Crippen molar-refractivity contribution in [3.05, 3.63) is 0 Å². The van der Waals surface area contributed by atoms with Crippen molar-refractivity contribution in [3.8, 4) is 0 Å². The summed E-state index contributed by atoms with van der Waals surface area (Å²) in [5.41, 5.74) is -0.645. The molecule has 1 saturated heterocycles. The van der Waals surface area contributed by atoms with Gasteiger partial charge in [-0.3, -0.25) is 4.79 Å². The molecule has 2 N–H and O–H groups in total.